The second-order valence-electron chi connectivity index (χ2n) is 3.10. The monoisotopic (exact) mass is 358 g/mol. The first-order valence-corrected chi connectivity index (χ1v) is 7.30. The van der Waals surface area contributed by atoms with Crippen LogP contribution in [0.25, 0.3) is 0 Å². The predicted molar refractivity (Wildman–Crippen MR) is 58.2 cm³/mol. The molecule has 0 aromatic heterocycles. The quantitative estimate of drug-likeness (QED) is 0.598. The zero-order valence-electron chi connectivity index (χ0n) is 7.00. The van der Waals surface area contributed by atoms with E-state index in [9.17, 15) is 4.57 Å². The van der Waals surface area contributed by atoms with Gasteiger partial charge in [0, 0.05) is 16.7 Å². The minimum absolute atomic E-state index is 0.250. The molecule has 0 bridgehead atoms. The standard InChI is InChI=1S/C5H10Br2ClO4P/c1-4(2,3-9)5(6,7)12-13(8,10)11/h9H,3H2,1-2H3,(H,10,11). The van der Waals surface area contributed by atoms with Gasteiger partial charge in [-0.1, -0.05) is 13.8 Å². The van der Waals surface area contributed by atoms with E-state index in [1.54, 1.807) is 13.8 Å². The van der Waals surface area contributed by atoms with Gasteiger partial charge in [0.15, 0.2) is 3.42 Å². The van der Waals surface area contributed by atoms with E-state index in [2.05, 4.69) is 36.4 Å². The van der Waals surface area contributed by atoms with Gasteiger partial charge >= 0.3 is 6.95 Å². The van der Waals surface area contributed by atoms with Crippen molar-refractivity contribution in [2.75, 3.05) is 6.61 Å². The fraction of sp³-hybridized carbons (Fsp3) is 1.00. The molecule has 0 aliphatic rings. The van der Waals surface area contributed by atoms with Gasteiger partial charge in [-0.2, -0.15) is 0 Å². The van der Waals surface area contributed by atoms with Crippen molar-refractivity contribution in [3.05, 3.63) is 0 Å². The Labute approximate surface area is 98.2 Å². The van der Waals surface area contributed by atoms with Gasteiger partial charge in [-0.25, -0.2) is 4.57 Å². The SMILES string of the molecule is CC(C)(CO)C(Br)(Br)OP(=O)(O)Cl. The van der Waals surface area contributed by atoms with E-state index in [0.717, 1.165) is 0 Å². The molecule has 0 radical (unpaired) electrons. The zero-order chi connectivity index (χ0) is 10.9. The summed E-state index contributed by atoms with van der Waals surface area (Å²) in [4.78, 5) is 8.77. The summed E-state index contributed by atoms with van der Waals surface area (Å²) in [7, 11) is 0. The Morgan fingerprint density at radius 1 is 1.54 bits per heavy atom. The van der Waals surface area contributed by atoms with E-state index in [-0.39, 0.29) is 6.61 Å². The predicted octanol–water partition coefficient (Wildman–Crippen LogP) is 2.80. The molecule has 1 unspecified atom stereocenters. The molecule has 0 amide bonds. The highest BCUT2D eigenvalue weighted by atomic mass is 79.9. The molecule has 0 rings (SSSR count). The van der Waals surface area contributed by atoms with E-state index in [1.165, 1.54) is 0 Å². The molecular formula is C5H10Br2ClO4P. The Morgan fingerprint density at radius 3 is 2.15 bits per heavy atom. The van der Waals surface area contributed by atoms with Crippen LogP contribution in [-0.2, 0) is 9.09 Å². The molecule has 2 N–H and O–H groups in total. The minimum Gasteiger partial charge on any atom is -0.396 e. The first-order chi connectivity index (χ1) is 5.52. The fourth-order valence-corrected chi connectivity index (χ4v) is 3.13. The first kappa shape index (κ1) is 14.4. The van der Waals surface area contributed by atoms with Crippen LogP contribution in [0.3, 0.4) is 0 Å². The summed E-state index contributed by atoms with van der Waals surface area (Å²) >= 11 is 11.1. The lowest BCUT2D eigenvalue weighted by atomic mass is 9.96. The second-order valence-corrected chi connectivity index (χ2v) is 8.77. The van der Waals surface area contributed by atoms with Gasteiger partial charge in [0.1, 0.15) is 0 Å². The van der Waals surface area contributed by atoms with Crippen molar-refractivity contribution in [1.29, 1.82) is 0 Å². The molecule has 0 heterocycles. The van der Waals surface area contributed by atoms with Crippen molar-refractivity contribution in [1.82, 2.24) is 0 Å². The van der Waals surface area contributed by atoms with Gasteiger partial charge in [0.05, 0.1) is 6.61 Å². The highest BCUT2D eigenvalue weighted by molar-refractivity contribution is 9.25. The third kappa shape index (κ3) is 4.60. The van der Waals surface area contributed by atoms with Crippen LogP contribution in [0.5, 0.6) is 0 Å². The number of alkyl halides is 2. The average molecular weight is 360 g/mol. The summed E-state index contributed by atoms with van der Waals surface area (Å²) in [6.07, 6.45) is 0. The van der Waals surface area contributed by atoms with E-state index in [4.69, 9.17) is 21.2 Å². The maximum Gasteiger partial charge on any atom is 0.423 e. The topological polar surface area (TPSA) is 66.8 Å². The van der Waals surface area contributed by atoms with Crippen molar-refractivity contribution >= 4 is 50.0 Å². The number of hydrogen-bond donors (Lipinski definition) is 2. The number of hydrogen-bond acceptors (Lipinski definition) is 3. The first-order valence-electron chi connectivity index (χ1n) is 3.24. The summed E-state index contributed by atoms with van der Waals surface area (Å²) < 4.78 is 14.0. The number of aliphatic hydroxyl groups is 1. The van der Waals surface area contributed by atoms with Crippen LogP contribution in [0, 0.1) is 5.41 Å². The summed E-state index contributed by atoms with van der Waals surface area (Å²) in [5.41, 5.74) is -0.805. The third-order valence-corrected chi connectivity index (χ3v) is 5.09. The highest BCUT2D eigenvalue weighted by Crippen LogP contribution is 2.59. The normalized spacial score (nSPS) is 18.4. The zero-order valence-corrected chi connectivity index (χ0v) is 11.8. The van der Waals surface area contributed by atoms with Crippen LogP contribution in [0.4, 0.5) is 0 Å². The van der Waals surface area contributed by atoms with Crippen LogP contribution in [-0.4, -0.2) is 20.0 Å². The average Bonchev–Trinajstić information content (AvgIpc) is 1.81. The maximum atomic E-state index is 10.7. The molecule has 80 valence electrons. The van der Waals surface area contributed by atoms with Gasteiger partial charge in [-0.05, 0) is 31.9 Å². The van der Waals surface area contributed by atoms with Crippen LogP contribution >= 0.6 is 50.0 Å². The van der Waals surface area contributed by atoms with Crippen LogP contribution in [0.15, 0.2) is 0 Å². The summed E-state index contributed by atoms with van der Waals surface area (Å²) in [6, 6.07) is 0. The van der Waals surface area contributed by atoms with Crippen molar-refractivity contribution in [2.45, 2.75) is 17.3 Å². The van der Waals surface area contributed by atoms with Crippen molar-refractivity contribution in [2.24, 2.45) is 5.41 Å². The molecule has 0 saturated carbocycles. The van der Waals surface area contributed by atoms with Gasteiger partial charge < -0.3 is 10.00 Å². The molecule has 1 atom stereocenters. The fourth-order valence-electron chi connectivity index (χ4n) is 0.357. The van der Waals surface area contributed by atoms with Crippen LogP contribution in [0.2, 0.25) is 0 Å². The lowest BCUT2D eigenvalue weighted by molar-refractivity contribution is 0.0616. The molecular weight excluding hydrogens is 350 g/mol. The molecule has 4 nitrogen and oxygen atoms in total. The molecule has 13 heavy (non-hydrogen) atoms. The van der Waals surface area contributed by atoms with Crippen molar-refractivity contribution in [3.8, 4) is 0 Å². The Hall–Kier alpha value is 1.36. The van der Waals surface area contributed by atoms with Crippen molar-refractivity contribution < 1.29 is 19.1 Å². The highest BCUT2D eigenvalue weighted by Gasteiger charge is 2.46. The van der Waals surface area contributed by atoms with Crippen LogP contribution < -0.4 is 0 Å². The van der Waals surface area contributed by atoms with E-state index >= 15 is 0 Å². The van der Waals surface area contributed by atoms with E-state index in [1.807, 2.05) is 0 Å². The van der Waals surface area contributed by atoms with Gasteiger partial charge in [0.2, 0.25) is 0 Å². The van der Waals surface area contributed by atoms with Gasteiger partial charge in [-0.15, -0.1) is 0 Å². The molecule has 0 aliphatic heterocycles. The molecule has 0 aliphatic carbocycles. The Bertz CT molecular complexity index is 227. The lowest BCUT2D eigenvalue weighted by Gasteiger charge is -2.35. The summed E-state index contributed by atoms with van der Waals surface area (Å²) in [6.45, 7) is -1.12. The van der Waals surface area contributed by atoms with E-state index < -0.39 is 15.8 Å². The largest absolute Gasteiger partial charge is 0.423 e. The molecule has 8 heteroatoms. The summed E-state index contributed by atoms with van der Waals surface area (Å²) in [5, 5.41) is 8.97. The lowest BCUT2D eigenvalue weighted by Crippen LogP contribution is -2.37. The smallest absolute Gasteiger partial charge is 0.396 e. The van der Waals surface area contributed by atoms with Crippen LogP contribution in [0.1, 0.15) is 13.8 Å². The van der Waals surface area contributed by atoms with Gasteiger partial charge in [0.25, 0.3) is 0 Å². The van der Waals surface area contributed by atoms with Gasteiger partial charge in [-0.3, -0.25) is 4.52 Å². The maximum absolute atomic E-state index is 10.7. The molecule has 0 saturated heterocycles. The molecule has 0 fully saturated rings. The number of aliphatic hydroxyl groups excluding tert-OH is 1. The summed E-state index contributed by atoms with van der Waals surface area (Å²) in [5.74, 6) is 0. The number of halogens is 3. The molecule has 0 aromatic rings. The Morgan fingerprint density at radius 2 is 1.92 bits per heavy atom. The molecule has 0 spiro atoms. The number of rotatable bonds is 4. The second kappa shape index (κ2) is 4.47. The van der Waals surface area contributed by atoms with Crippen molar-refractivity contribution in [3.63, 3.8) is 0 Å². The minimum atomic E-state index is -4.13. The Kier molecular flexibility index (Phi) is 4.94. The Balaban J connectivity index is 4.68. The van der Waals surface area contributed by atoms with E-state index in [0.29, 0.717) is 0 Å². The third-order valence-electron chi connectivity index (χ3n) is 1.41. The molecule has 0 aromatic carbocycles.